The molecule has 4 aromatic rings. The summed E-state index contributed by atoms with van der Waals surface area (Å²) in [6.45, 7) is 4.61. The second kappa shape index (κ2) is 10.2. The van der Waals surface area contributed by atoms with Crippen LogP contribution in [0.4, 0.5) is 5.69 Å². The highest BCUT2D eigenvalue weighted by molar-refractivity contribution is 6.42. The standard InChI is InChI=1S/C26H23Cl2N3O3/c1-4-13-34-20-11-9-19(10-12-20)29-26-30(2)23-14-21(27)22(28)15-24(23)31(26)16-17-5-7-18(8-6-17)25(32)33-3/h4-12,14-15H,1,13,16H2,2-3H3/b29-26-. The second-order valence-corrected chi connectivity index (χ2v) is 8.41. The monoisotopic (exact) mass is 495 g/mol. The minimum atomic E-state index is -0.373. The Hall–Kier alpha value is -3.48. The number of hydrogen-bond acceptors (Lipinski definition) is 4. The fourth-order valence-corrected chi connectivity index (χ4v) is 3.95. The number of carbonyl (C=O) groups excluding carboxylic acids is 1. The molecule has 3 aromatic carbocycles. The molecule has 0 atom stereocenters. The zero-order chi connectivity index (χ0) is 24.2. The lowest BCUT2D eigenvalue weighted by Gasteiger charge is -2.08. The highest BCUT2D eigenvalue weighted by atomic mass is 35.5. The van der Waals surface area contributed by atoms with Gasteiger partial charge < -0.3 is 18.6 Å². The van der Waals surface area contributed by atoms with Gasteiger partial charge in [-0.15, -0.1) is 0 Å². The lowest BCUT2D eigenvalue weighted by molar-refractivity contribution is 0.0600. The van der Waals surface area contributed by atoms with Crippen LogP contribution in [-0.2, 0) is 18.3 Å². The van der Waals surface area contributed by atoms with E-state index in [9.17, 15) is 4.79 Å². The summed E-state index contributed by atoms with van der Waals surface area (Å²) >= 11 is 12.7. The van der Waals surface area contributed by atoms with Crippen LogP contribution in [0, 0.1) is 0 Å². The Labute approximate surface area is 207 Å². The smallest absolute Gasteiger partial charge is 0.337 e. The molecule has 174 valence electrons. The molecule has 0 spiro atoms. The number of carbonyl (C=O) groups is 1. The van der Waals surface area contributed by atoms with Crippen molar-refractivity contribution in [1.29, 1.82) is 0 Å². The number of imidazole rings is 1. The number of aromatic nitrogens is 2. The van der Waals surface area contributed by atoms with E-state index in [0.717, 1.165) is 28.0 Å². The van der Waals surface area contributed by atoms with Crippen molar-refractivity contribution in [2.45, 2.75) is 6.54 Å². The quantitative estimate of drug-likeness (QED) is 0.236. The molecule has 0 saturated heterocycles. The summed E-state index contributed by atoms with van der Waals surface area (Å²) in [5, 5.41) is 0.935. The summed E-state index contributed by atoms with van der Waals surface area (Å²) in [5.41, 5.74) is 4.74. The fraction of sp³-hybridized carbons (Fsp3) is 0.154. The third-order valence-electron chi connectivity index (χ3n) is 5.36. The van der Waals surface area contributed by atoms with Gasteiger partial charge in [-0.3, -0.25) is 0 Å². The first-order chi connectivity index (χ1) is 16.4. The van der Waals surface area contributed by atoms with Crippen LogP contribution >= 0.6 is 23.2 Å². The number of esters is 1. The fourth-order valence-electron chi connectivity index (χ4n) is 3.63. The number of methoxy groups -OCH3 is 1. The molecule has 0 aliphatic heterocycles. The van der Waals surface area contributed by atoms with Gasteiger partial charge in [-0.25, -0.2) is 9.79 Å². The number of rotatable bonds is 7. The van der Waals surface area contributed by atoms with Crippen LogP contribution in [0.5, 0.6) is 5.75 Å². The molecule has 0 saturated carbocycles. The van der Waals surface area contributed by atoms with Crippen LogP contribution in [-0.4, -0.2) is 28.8 Å². The van der Waals surface area contributed by atoms with E-state index in [1.807, 2.05) is 60.1 Å². The molecule has 0 aliphatic carbocycles. The predicted molar refractivity (Wildman–Crippen MR) is 135 cm³/mol. The average Bonchev–Trinajstić information content (AvgIpc) is 3.09. The number of aryl methyl sites for hydroxylation is 1. The van der Waals surface area contributed by atoms with Gasteiger partial charge in [0, 0.05) is 7.05 Å². The normalized spacial score (nSPS) is 11.6. The van der Waals surface area contributed by atoms with Crippen LogP contribution in [0.3, 0.4) is 0 Å². The Morgan fingerprint density at radius 3 is 2.29 bits per heavy atom. The number of ether oxygens (including phenoxy) is 2. The zero-order valence-corrected chi connectivity index (χ0v) is 20.3. The summed E-state index contributed by atoms with van der Waals surface area (Å²) in [5.74, 6) is 0.370. The average molecular weight is 496 g/mol. The molecular weight excluding hydrogens is 473 g/mol. The molecule has 0 N–H and O–H groups in total. The van der Waals surface area contributed by atoms with Crippen molar-refractivity contribution < 1.29 is 14.3 Å². The lowest BCUT2D eigenvalue weighted by atomic mass is 10.1. The largest absolute Gasteiger partial charge is 0.490 e. The number of benzene rings is 3. The van der Waals surface area contributed by atoms with Crippen molar-refractivity contribution in [2.75, 3.05) is 13.7 Å². The van der Waals surface area contributed by atoms with E-state index in [2.05, 4.69) is 11.1 Å². The van der Waals surface area contributed by atoms with Gasteiger partial charge >= 0.3 is 5.97 Å². The van der Waals surface area contributed by atoms with Crippen molar-refractivity contribution in [2.24, 2.45) is 12.0 Å². The third-order valence-corrected chi connectivity index (χ3v) is 6.08. The Morgan fingerprint density at radius 2 is 1.68 bits per heavy atom. The second-order valence-electron chi connectivity index (χ2n) is 7.59. The molecule has 4 rings (SSSR count). The topological polar surface area (TPSA) is 57.8 Å². The first-order valence-electron chi connectivity index (χ1n) is 10.5. The molecule has 0 amide bonds. The molecule has 8 heteroatoms. The Balaban J connectivity index is 1.82. The Kier molecular flexibility index (Phi) is 7.10. The van der Waals surface area contributed by atoms with Crippen LogP contribution in [0.25, 0.3) is 11.0 Å². The zero-order valence-electron chi connectivity index (χ0n) is 18.8. The summed E-state index contributed by atoms with van der Waals surface area (Å²) < 4.78 is 14.4. The van der Waals surface area contributed by atoms with E-state index in [1.54, 1.807) is 18.2 Å². The Morgan fingerprint density at radius 1 is 1.03 bits per heavy atom. The number of halogens is 2. The highest BCUT2D eigenvalue weighted by Gasteiger charge is 2.14. The van der Waals surface area contributed by atoms with E-state index in [1.165, 1.54) is 7.11 Å². The molecule has 0 aliphatic rings. The van der Waals surface area contributed by atoms with Gasteiger partial charge in [0.15, 0.2) is 0 Å². The van der Waals surface area contributed by atoms with Gasteiger partial charge in [0.2, 0.25) is 5.62 Å². The van der Waals surface area contributed by atoms with E-state index in [4.69, 9.17) is 37.7 Å². The molecule has 1 heterocycles. The van der Waals surface area contributed by atoms with Crippen LogP contribution in [0.1, 0.15) is 15.9 Å². The van der Waals surface area contributed by atoms with Gasteiger partial charge in [-0.05, 0) is 54.1 Å². The van der Waals surface area contributed by atoms with E-state index < -0.39 is 0 Å². The predicted octanol–water partition coefficient (Wildman–Crippen LogP) is 5.92. The Bertz CT molecular complexity index is 1420. The highest BCUT2D eigenvalue weighted by Crippen LogP contribution is 2.28. The summed E-state index contributed by atoms with van der Waals surface area (Å²) in [6.07, 6.45) is 1.70. The van der Waals surface area contributed by atoms with Crippen molar-refractivity contribution in [3.63, 3.8) is 0 Å². The van der Waals surface area contributed by atoms with E-state index in [-0.39, 0.29) is 5.97 Å². The van der Waals surface area contributed by atoms with Gasteiger partial charge in [-0.2, -0.15) is 0 Å². The van der Waals surface area contributed by atoms with Crippen molar-refractivity contribution in [1.82, 2.24) is 9.13 Å². The lowest BCUT2D eigenvalue weighted by Crippen LogP contribution is -2.24. The molecule has 0 unspecified atom stereocenters. The maximum absolute atomic E-state index is 11.8. The summed E-state index contributed by atoms with van der Waals surface area (Å²) in [4.78, 5) is 16.7. The first kappa shape index (κ1) is 23.7. The SMILES string of the molecule is C=CCOc1ccc(/N=c2/n(C)c3cc(Cl)c(Cl)cc3n2Cc2ccc(C(=O)OC)cc2)cc1. The molecule has 6 nitrogen and oxygen atoms in total. The summed E-state index contributed by atoms with van der Waals surface area (Å²) in [7, 11) is 3.30. The van der Waals surface area contributed by atoms with Gasteiger partial charge in [0.25, 0.3) is 0 Å². The molecular formula is C26H23Cl2N3O3. The van der Waals surface area contributed by atoms with Crippen LogP contribution in [0.15, 0.2) is 78.3 Å². The molecule has 0 bridgehead atoms. The van der Waals surface area contributed by atoms with Crippen molar-refractivity contribution in [3.05, 3.63) is 100 Å². The number of fused-ring (bicyclic) bond motifs is 1. The molecule has 0 radical (unpaired) electrons. The van der Waals surface area contributed by atoms with Crippen LogP contribution < -0.4 is 10.4 Å². The van der Waals surface area contributed by atoms with Gasteiger partial charge in [0.1, 0.15) is 12.4 Å². The molecule has 0 fully saturated rings. The maximum atomic E-state index is 11.8. The minimum Gasteiger partial charge on any atom is -0.490 e. The molecule has 1 aromatic heterocycles. The van der Waals surface area contributed by atoms with Crippen LogP contribution in [0.2, 0.25) is 10.0 Å². The van der Waals surface area contributed by atoms with Crippen molar-refractivity contribution in [3.8, 4) is 5.75 Å². The number of hydrogen-bond donors (Lipinski definition) is 0. The van der Waals surface area contributed by atoms with E-state index in [0.29, 0.717) is 34.4 Å². The molecule has 34 heavy (non-hydrogen) atoms. The summed E-state index contributed by atoms with van der Waals surface area (Å²) in [6, 6.07) is 18.5. The minimum absolute atomic E-state index is 0.373. The van der Waals surface area contributed by atoms with Crippen molar-refractivity contribution >= 4 is 45.9 Å². The maximum Gasteiger partial charge on any atom is 0.337 e. The third kappa shape index (κ3) is 4.88. The number of nitrogens with zero attached hydrogens (tertiary/aromatic N) is 3. The first-order valence-corrected chi connectivity index (χ1v) is 11.3. The van der Waals surface area contributed by atoms with E-state index >= 15 is 0 Å². The van der Waals surface area contributed by atoms with Gasteiger partial charge in [0.05, 0.1) is 46.0 Å². The van der Waals surface area contributed by atoms with Gasteiger partial charge in [-0.1, -0.05) is 48.0 Å².